The van der Waals surface area contributed by atoms with Crippen LogP contribution >= 0.6 is 0 Å². The van der Waals surface area contributed by atoms with E-state index in [2.05, 4.69) is 24.3 Å². The molecular formula is C27H42O3S. The largest absolute Gasteiger partial charge is 0.299 e. The predicted molar refractivity (Wildman–Crippen MR) is 129 cm³/mol. The van der Waals surface area contributed by atoms with Crippen molar-refractivity contribution in [2.24, 2.45) is 17.8 Å². The number of ketones is 1. The van der Waals surface area contributed by atoms with Gasteiger partial charge in [-0.15, -0.1) is 0 Å². The van der Waals surface area contributed by atoms with Crippen LogP contribution in [0.1, 0.15) is 96.1 Å². The third-order valence-corrected chi connectivity index (χ3v) is 10.4. The number of benzene rings is 1. The van der Waals surface area contributed by atoms with Gasteiger partial charge >= 0.3 is 0 Å². The first kappa shape index (κ1) is 24.5. The average Bonchev–Trinajstić information content (AvgIpc) is 2.73. The summed E-state index contributed by atoms with van der Waals surface area (Å²) in [7, 11) is -3.02. The zero-order valence-electron chi connectivity index (χ0n) is 19.9. The van der Waals surface area contributed by atoms with Crippen LogP contribution in [-0.4, -0.2) is 24.7 Å². The van der Waals surface area contributed by atoms with Gasteiger partial charge in [0.15, 0.2) is 9.84 Å². The number of hydrogen-bond acceptors (Lipinski definition) is 3. The number of rotatable bonds is 8. The molecule has 0 heterocycles. The van der Waals surface area contributed by atoms with E-state index in [1.165, 1.54) is 36.8 Å². The second kappa shape index (κ2) is 10.6. The average molecular weight is 447 g/mol. The third kappa shape index (κ3) is 7.17. The lowest BCUT2D eigenvalue weighted by Gasteiger charge is -2.30. The number of carbonyl (C=O) groups is 1. The van der Waals surface area contributed by atoms with E-state index in [1.54, 1.807) is 0 Å². The van der Waals surface area contributed by atoms with Crippen molar-refractivity contribution in [3.63, 3.8) is 0 Å². The molecule has 0 unspecified atom stereocenters. The summed E-state index contributed by atoms with van der Waals surface area (Å²) in [5, 5.41) is 0. The predicted octanol–water partition coefficient (Wildman–Crippen LogP) is 6.33. The van der Waals surface area contributed by atoms with Crippen molar-refractivity contribution < 1.29 is 13.2 Å². The molecule has 0 amide bonds. The Morgan fingerprint density at radius 3 is 2.16 bits per heavy atom. The van der Waals surface area contributed by atoms with Crippen molar-refractivity contribution in [1.29, 1.82) is 0 Å². The third-order valence-electron chi connectivity index (χ3n) is 7.63. The zero-order chi connectivity index (χ0) is 22.5. The van der Waals surface area contributed by atoms with Crippen LogP contribution in [-0.2, 0) is 27.5 Å². The molecule has 0 radical (unpaired) electrons. The first-order valence-corrected chi connectivity index (χ1v) is 14.1. The Morgan fingerprint density at radius 1 is 0.903 bits per heavy atom. The molecule has 2 aliphatic carbocycles. The number of hydrogen-bond donors (Lipinski definition) is 0. The minimum absolute atomic E-state index is 0.287. The highest BCUT2D eigenvalue weighted by molar-refractivity contribution is 7.92. The highest BCUT2D eigenvalue weighted by Gasteiger charge is 2.33. The number of sulfone groups is 1. The molecule has 0 aliphatic heterocycles. The van der Waals surface area contributed by atoms with Gasteiger partial charge in [-0.25, -0.2) is 8.42 Å². The van der Waals surface area contributed by atoms with E-state index in [-0.39, 0.29) is 5.92 Å². The van der Waals surface area contributed by atoms with Crippen molar-refractivity contribution in [3.05, 3.63) is 35.4 Å². The van der Waals surface area contributed by atoms with Gasteiger partial charge in [0.25, 0.3) is 0 Å². The van der Waals surface area contributed by atoms with E-state index >= 15 is 0 Å². The molecule has 0 saturated heterocycles. The summed E-state index contributed by atoms with van der Waals surface area (Å²) in [5.41, 5.74) is 2.51. The standard InChI is InChI=1S/C27H42O3S/c1-27(2,3)31(29,30)20-23-16-13-21(14-17-23)12-15-22-8-7-9-24(18-22)19-26(28)25-10-5-4-6-11-25/h7-9,18,21,23,25H,4-6,10-17,19-20H2,1-3H3. The molecule has 0 N–H and O–H groups in total. The number of aryl methyl sites for hydroxylation is 1. The Labute approximate surface area is 190 Å². The van der Waals surface area contributed by atoms with Crippen molar-refractivity contribution in [2.75, 3.05) is 5.75 Å². The van der Waals surface area contributed by atoms with E-state index in [0.29, 0.717) is 29.8 Å². The fraction of sp³-hybridized carbons (Fsp3) is 0.741. The Hall–Kier alpha value is -1.16. The Kier molecular flexibility index (Phi) is 8.40. The maximum Gasteiger partial charge on any atom is 0.155 e. The van der Waals surface area contributed by atoms with E-state index < -0.39 is 14.6 Å². The maximum atomic E-state index is 12.6. The van der Waals surface area contributed by atoms with Gasteiger partial charge in [0.05, 0.1) is 10.5 Å². The molecular weight excluding hydrogens is 404 g/mol. The molecule has 3 nitrogen and oxygen atoms in total. The minimum atomic E-state index is -3.02. The molecule has 0 aromatic heterocycles. The highest BCUT2D eigenvalue weighted by atomic mass is 32.2. The van der Waals surface area contributed by atoms with Gasteiger partial charge in [0.2, 0.25) is 0 Å². The quantitative estimate of drug-likeness (QED) is 0.469. The van der Waals surface area contributed by atoms with Crippen molar-refractivity contribution in [1.82, 2.24) is 0 Å². The van der Waals surface area contributed by atoms with Gasteiger partial charge in [0, 0.05) is 12.3 Å². The molecule has 2 saturated carbocycles. The molecule has 0 bridgehead atoms. The van der Waals surface area contributed by atoms with Crippen molar-refractivity contribution in [2.45, 2.75) is 103 Å². The fourth-order valence-corrected chi connectivity index (χ4v) is 6.74. The summed E-state index contributed by atoms with van der Waals surface area (Å²) in [6, 6.07) is 8.64. The van der Waals surface area contributed by atoms with Crippen LogP contribution < -0.4 is 0 Å². The molecule has 1 aromatic carbocycles. The molecule has 2 fully saturated rings. The van der Waals surface area contributed by atoms with Crippen LogP contribution in [0.5, 0.6) is 0 Å². The van der Waals surface area contributed by atoms with E-state index in [4.69, 9.17) is 0 Å². The summed E-state index contributed by atoms with van der Waals surface area (Å²) in [6.07, 6.45) is 13.0. The summed E-state index contributed by atoms with van der Waals surface area (Å²) >= 11 is 0. The fourth-order valence-electron chi connectivity index (χ4n) is 5.28. The second-order valence-electron chi connectivity index (χ2n) is 11.1. The molecule has 174 valence electrons. The van der Waals surface area contributed by atoms with Gasteiger partial charge in [0.1, 0.15) is 5.78 Å². The summed E-state index contributed by atoms with van der Waals surface area (Å²) < 4.78 is 24.4. The van der Waals surface area contributed by atoms with E-state index in [9.17, 15) is 13.2 Å². The van der Waals surface area contributed by atoms with Gasteiger partial charge in [-0.2, -0.15) is 0 Å². The highest BCUT2D eigenvalue weighted by Crippen LogP contribution is 2.34. The van der Waals surface area contributed by atoms with E-state index in [1.807, 2.05) is 20.8 Å². The van der Waals surface area contributed by atoms with Gasteiger partial charge in [-0.1, -0.05) is 56.4 Å². The summed E-state index contributed by atoms with van der Waals surface area (Å²) in [6.45, 7) is 5.43. The number of carbonyl (C=O) groups excluding carboxylic acids is 1. The monoisotopic (exact) mass is 446 g/mol. The zero-order valence-corrected chi connectivity index (χ0v) is 20.7. The Balaban J connectivity index is 1.44. The van der Waals surface area contributed by atoms with Crippen molar-refractivity contribution >= 4 is 15.6 Å². The first-order chi connectivity index (χ1) is 14.6. The van der Waals surface area contributed by atoms with Crippen LogP contribution in [0.3, 0.4) is 0 Å². The van der Waals surface area contributed by atoms with Crippen LogP contribution in [0.4, 0.5) is 0 Å². The lowest BCUT2D eigenvalue weighted by molar-refractivity contribution is -0.123. The molecule has 1 aromatic rings. The van der Waals surface area contributed by atoms with E-state index in [0.717, 1.165) is 44.9 Å². The van der Waals surface area contributed by atoms with Gasteiger partial charge in [-0.05, 0) is 82.3 Å². The molecule has 2 aliphatic rings. The second-order valence-corrected chi connectivity index (χ2v) is 13.9. The molecule has 31 heavy (non-hydrogen) atoms. The molecule has 3 rings (SSSR count). The lowest BCUT2D eigenvalue weighted by Crippen LogP contribution is -2.34. The Morgan fingerprint density at radius 2 is 1.52 bits per heavy atom. The molecule has 4 heteroatoms. The minimum Gasteiger partial charge on any atom is -0.299 e. The Bertz CT molecular complexity index is 820. The topological polar surface area (TPSA) is 51.2 Å². The summed E-state index contributed by atoms with van der Waals surface area (Å²) in [5.74, 6) is 2.09. The maximum absolute atomic E-state index is 12.6. The van der Waals surface area contributed by atoms with Gasteiger partial charge < -0.3 is 0 Å². The first-order valence-electron chi connectivity index (χ1n) is 12.5. The molecule has 0 atom stereocenters. The number of Topliss-reactive ketones (excluding diaryl/α,β-unsaturated/α-hetero) is 1. The normalized spacial score (nSPS) is 23.6. The molecule has 0 spiro atoms. The SMILES string of the molecule is CC(C)(C)S(=O)(=O)CC1CCC(CCc2cccc(CC(=O)C3CCCCC3)c2)CC1. The smallest absolute Gasteiger partial charge is 0.155 e. The van der Waals surface area contributed by atoms with Crippen molar-refractivity contribution in [3.8, 4) is 0 Å². The van der Waals surface area contributed by atoms with Crippen LogP contribution in [0.2, 0.25) is 0 Å². The van der Waals surface area contributed by atoms with Crippen LogP contribution in [0.25, 0.3) is 0 Å². The van der Waals surface area contributed by atoms with Crippen LogP contribution in [0, 0.1) is 17.8 Å². The van der Waals surface area contributed by atoms with Gasteiger partial charge in [-0.3, -0.25) is 4.79 Å². The lowest BCUT2D eigenvalue weighted by atomic mass is 9.80. The van der Waals surface area contributed by atoms with Crippen LogP contribution in [0.15, 0.2) is 24.3 Å². The summed E-state index contributed by atoms with van der Waals surface area (Å²) in [4.78, 5) is 12.6.